The lowest BCUT2D eigenvalue weighted by molar-refractivity contribution is -0.119. The Balaban J connectivity index is 2.35. The summed E-state index contributed by atoms with van der Waals surface area (Å²) in [5.74, 6) is 0.277. The standard InChI is InChI=1S/C21H33N3O5/c1-14-10-23(3)15(2)12-29-18-9-16(22-20(25)13-27-5)7-8-17(18)21(26)24(4)11-19(14)28-6/h7-9,14-15,19H,10-13H2,1-6H3,(H,22,25)/t14-,15+,19+/m1/s1. The molecular weight excluding hydrogens is 374 g/mol. The summed E-state index contributed by atoms with van der Waals surface area (Å²) in [5.41, 5.74) is 1.01. The van der Waals surface area contributed by atoms with Crippen molar-refractivity contribution in [2.24, 2.45) is 5.92 Å². The van der Waals surface area contributed by atoms with Crippen LogP contribution in [0.25, 0.3) is 0 Å². The average Bonchev–Trinajstić information content (AvgIpc) is 2.68. The van der Waals surface area contributed by atoms with Crippen molar-refractivity contribution < 1.29 is 23.8 Å². The number of benzene rings is 1. The van der Waals surface area contributed by atoms with E-state index < -0.39 is 0 Å². The van der Waals surface area contributed by atoms with Crippen molar-refractivity contribution in [2.45, 2.75) is 26.0 Å². The number of amides is 2. The van der Waals surface area contributed by atoms with Crippen LogP contribution in [0.2, 0.25) is 0 Å². The predicted molar refractivity (Wildman–Crippen MR) is 111 cm³/mol. The average molecular weight is 408 g/mol. The fourth-order valence-corrected chi connectivity index (χ4v) is 3.36. The summed E-state index contributed by atoms with van der Waals surface area (Å²) in [5, 5.41) is 2.75. The van der Waals surface area contributed by atoms with Gasteiger partial charge in [-0.1, -0.05) is 6.92 Å². The van der Waals surface area contributed by atoms with Gasteiger partial charge in [-0.25, -0.2) is 0 Å². The zero-order valence-electron chi connectivity index (χ0n) is 18.2. The van der Waals surface area contributed by atoms with Crippen molar-refractivity contribution >= 4 is 17.5 Å². The summed E-state index contributed by atoms with van der Waals surface area (Å²) >= 11 is 0. The van der Waals surface area contributed by atoms with Crippen molar-refractivity contribution in [1.82, 2.24) is 9.80 Å². The normalized spacial score (nSPS) is 24.1. The molecule has 3 atom stereocenters. The van der Waals surface area contributed by atoms with Crippen LogP contribution in [0.4, 0.5) is 5.69 Å². The Hall–Kier alpha value is -2.16. The molecule has 1 aliphatic heterocycles. The van der Waals surface area contributed by atoms with E-state index in [0.717, 1.165) is 6.54 Å². The molecule has 1 N–H and O–H groups in total. The van der Waals surface area contributed by atoms with Crippen LogP contribution < -0.4 is 10.1 Å². The van der Waals surface area contributed by atoms with Crippen LogP contribution in [-0.4, -0.2) is 88.4 Å². The molecule has 0 unspecified atom stereocenters. The highest BCUT2D eigenvalue weighted by molar-refractivity contribution is 5.98. The number of hydrogen-bond donors (Lipinski definition) is 1. The van der Waals surface area contributed by atoms with Gasteiger partial charge in [0.05, 0.1) is 11.7 Å². The molecule has 0 aromatic heterocycles. The number of fused-ring (bicyclic) bond motifs is 1. The van der Waals surface area contributed by atoms with Gasteiger partial charge in [-0.05, 0) is 32.0 Å². The van der Waals surface area contributed by atoms with E-state index in [0.29, 0.717) is 30.2 Å². The van der Waals surface area contributed by atoms with E-state index in [1.165, 1.54) is 7.11 Å². The second kappa shape index (κ2) is 10.6. The first-order valence-corrected chi connectivity index (χ1v) is 9.80. The molecule has 0 bridgehead atoms. The number of rotatable bonds is 4. The maximum Gasteiger partial charge on any atom is 0.257 e. The van der Waals surface area contributed by atoms with Crippen molar-refractivity contribution in [3.05, 3.63) is 23.8 Å². The molecular formula is C21H33N3O5. The molecule has 1 aromatic carbocycles. The lowest BCUT2D eigenvalue weighted by Crippen LogP contribution is -2.45. The van der Waals surface area contributed by atoms with Gasteiger partial charge in [0, 0.05) is 52.2 Å². The number of nitrogens with zero attached hydrogens (tertiary/aromatic N) is 2. The van der Waals surface area contributed by atoms with Crippen molar-refractivity contribution in [1.29, 1.82) is 0 Å². The predicted octanol–water partition coefficient (Wildman–Crippen LogP) is 1.71. The fraction of sp³-hybridized carbons (Fsp3) is 0.619. The maximum atomic E-state index is 13.1. The minimum Gasteiger partial charge on any atom is -0.491 e. The first kappa shape index (κ1) is 23.1. The van der Waals surface area contributed by atoms with E-state index in [2.05, 4.69) is 31.1 Å². The molecule has 0 spiro atoms. The number of likely N-dealkylation sites (N-methyl/N-ethyl adjacent to an activating group) is 2. The minimum absolute atomic E-state index is 0.0436. The lowest BCUT2D eigenvalue weighted by atomic mass is 10.0. The van der Waals surface area contributed by atoms with Gasteiger partial charge in [0.2, 0.25) is 5.91 Å². The fourth-order valence-electron chi connectivity index (χ4n) is 3.36. The number of hydrogen-bond acceptors (Lipinski definition) is 6. The third-order valence-electron chi connectivity index (χ3n) is 5.32. The molecule has 2 rings (SSSR count). The van der Waals surface area contributed by atoms with E-state index in [-0.39, 0.29) is 36.5 Å². The third-order valence-corrected chi connectivity index (χ3v) is 5.32. The SMILES string of the molecule is COCC(=O)Nc1ccc2c(c1)OC[C@H](C)N(C)C[C@@H](C)[C@@H](OC)CN(C)C2=O. The molecule has 1 heterocycles. The molecule has 29 heavy (non-hydrogen) atoms. The number of anilines is 1. The molecule has 0 fully saturated rings. The van der Waals surface area contributed by atoms with Crippen molar-refractivity contribution in [3.8, 4) is 5.75 Å². The van der Waals surface area contributed by atoms with Crippen molar-refractivity contribution in [3.63, 3.8) is 0 Å². The lowest BCUT2D eigenvalue weighted by Gasteiger charge is -2.34. The maximum absolute atomic E-state index is 13.1. The van der Waals surface area contributed by atoms with Crippen LogP contribution in [-0.2, 0) is 14.3 Å². The van der Waals surface area contributed by atoms with Crippen LogP contribution in [0.3, 0.4) is 0 Å². The van der Waals surface area contributed by atoms with Gasteiger partial charge in [-0.3, -0.25) is 14.5 Å². The summed E-state index contributed by atoms with van der Waals surface area (Å²) < 4.78 is 16.5. The van der Waals surface area contributed by atoms with Gasteiger partial charge in [-0.2, -0.15) is 0 Å². The van der Waals surface area contributed by atoms with E-state index in [1.54, 1.807) is 37.3 Å². The van der Waals surface area contributed by atoms with Gasteiger partial charge >= 0.3 is 0 Å². The number of nitrogens with one attached hydrogen (secondary N) is 1. The van der Waals surface area contributed by atoms with Crippen molar-refractivity contribution in [2.75, 3.05) is 59.9 Å². The zero-order valence-corrected chi connectivity index (χ0v) is 18.2. The summed E-state index contributed by atoms with van der Waals surface area (Å²) in [6.45, 7) is 5.89. The summed E-state index contributed by atoms with van der Waals surface area (Å²) in [6.07, 6.45) is -0.0741. The highest BCUT2D eigenvalue weighted by Crippen LogP contribution is 2.26. The van der Waals surface area contributed by atoms with Gasteiger partial charge in [0.25, 0.3) is 5.91 Å². The van der Waals surface area contributed by atoms with Crippen LogP contribution in [0.1, 0.15) is 24.2 Å². The van der Waals surface area contributed by atoms with Crippen LogP contribution in [0, 0.1) is 5.92 Å². The molecule has 1 aliphatic rings. The Morgan fingerprint density at radius 3 is 2.62 bits per heavy atom. The largest absolute Gasteiger partial charge is 0.491 e. The second-order valence-corrected chi connectivity index (χ2v) is 7.73. The number of ether oxygens (including phenoxy) is 3. The van der Waals surface area contributed by atoms with E-state index in [4.69, 9.17) is 14.2 Å². The Morgan fingerprint density at radius 2 is 1.97 bits per heavy atom. The van der Waals surface area contributed by atoms with Crippen LogP contribution in [0.15, 0.2) is 18.2 Å². The number of methoxy groups -OCH3 is 2. The third kappa shape index (κ3) is 6.16. The van der Waals surface area contributed by atoms with Gasteiger partial charge in [-0.15, -0.1) is 0 Å². The highest BCUT2D eigenvalue weighted by atomic mass is 16.5. The molecule has 0 saturated heterocycles. The Morgan fingerprint density at radius 1 is 1.24 bits per heavy atom. The highest BCUT2D eigenvalue weighted by Gasteiger charge is 2.27. The minimum atomic E-state index is -0.269. The topological polar surface area (TPSA) is 80.3 Å². The molecule has 0 radical (unpaired) electrons. The number of carbonyl (C=O) groups is 2. The van der Waals surface area contributed by atoms with E-state index in [1.807, 2.05) is 0 Å². The van der Waals surface area contributed by atoms with E-state index >= 15 is 0 Å². The van der Waals surface area contributed by atoms with Crippen LogP contribution in [0.5, 0.6) is 5.75 Å². The zero-order chi connectivity index (χ0) is 21.6. The second-order valence-electron chi connectivity index (χ2n) is 7.73. The monoisotopic (exact) mass is 407 g/mol. The first-order chi connectivity index (χ1) is 13.8. The molecule has 8 nitrogen and oxygen atoms in total. The summed E-state index contributed by atoms with van der Waals surface area (Å²) in [6, 6.07) is 5.20. The number of carbonyl (C=O) groups excluding carboxylic acids is 2. The molecule has 0 aliphatic carbocycles. The molecule has 162 valence electrons. The van der Waals surface area contributed by atoms with E-state index in [9.17, 15) is 9.59 Å². The summed E-state index contributed by atoms with van der Waals surface area (Å²) in [4.78, 5) is 28.8. The quantitative estimate of drug-likeness (QED) is 0.819. The summed E-state index contributed by atoms with van der Waals surface area (Å²) in [7, 11) is 6.96. The Bertz CT molecular complexity index is 712. The van der Waals surface area contributed by atoms with Gasteiger partial charge in [0.1, 0.15) is 19.0 Å². The molecule has 2 amide bonds. The Kier molecular flexibility index (Phi) is 8.43. The van der Waals surface area contributed by atoms with Crippen LogP contribution >= 0.6 is 0 Å². The van der Waals surface area contributed by atoms with Gasteiger partial charge < -0.3 is 24.4 Å². The smallest absolute Gasteiger partial charge is 0.257 e. The molecule has 0 saturated carbocycles. The first-order valence-electron chi connectivity index (χ1n) is 9.80. The Labute approximate surface area is 173 Å². The van der Waals surface area contributed by atoms with Gasteiger partial charge in [0.15, 0.2) is 0 Å². The molecule has 1 aromatic rings. The molecule has 8 heteroatoms.